The van der Waals surface area contributed by atoms with E-state index in [0.717, 1.165) is 41.2 Å². The number of benzene rings is 1. The van der Waals surface area contributed by atoms with E-state index in [1.807, 2.05) is 47.4 Å². The fourth-order valence-corrected chi connectivity index (χ4v) is 4.59. The van der Waals surface area contributed by atoms with Gasteiger partial charge in [-0.05, 0) is 49.2 Å². The third-order valence-electron chi connectivity index (χ3n) is 5.12. The van der Waals surface area contributed by atoms with Gasteiger partial charge < -0.3 is 13.9 Å². The van der Waals surface area contributed by atoms with Crippen LogP contribution in [0.3, 0.4) is 0 Å². The molecular formula is C21H19N3O2S. The van der Waals surface area contributed by atoms with Crippen LogP contribution in [-0.2, 0) is 0 Å². The topological polar surface area (TPSA) is 51.3 Å². The van der Waals surface area contributed by atoms with E-state index in [2.05, 4.69) is 21.9 Å². The number of nitrogens with zero attached hydrogens (tertiary/aromatic N) is 3. The fraction of sp³-hybridized carbons (Fsp3) is 0.238. The van der Waals surface area contributed by atoms with Crippen molar-refractivity contribution in [1.29, 1.82) is 0 Å². The lowest BCUT2D eigenvalue weighted by Crippen LogP contribution is -2.38. The molecule has 1 saturated heterocycles. The fourth-order valence-electron chi connectivity index (χ4n) is 3.66. The van der Waals surface area contributed by atoms with Crippen LogP contribution in [0.5, 0.6) is 0 Å². The minimum absolute atomic E-state index is 0.0340. The molecule has 0 aliphatic carbocycles. The zero-order valence-corrected chi connectivity index (χ0v) is 15.6. The molecule has 5 rings (SSSR count). The number of fused-ring (bicyclic) bond motifs is 1. The SMILES string of the molecule is O=C(c1ccc(-c2nc3ccccc3s2)o1)N1CCC(n2cccc2)CC1. The van der Waals surface area contributed by atoms with E-state index in [1.165, 1.54) is 0 Å². The van der Waals surface area contributed by atoms with Gasteiger partial charge in [0.2, 0.25) is 0 Å². The van der Waals surface area contributed by atoms with Crippen molar-refractivity contribution >= 4 is 27.5 Å². The molecule has 0 saturated carbocycles. The molecule has 1 aromatic carbocycles. The van der Waals surface area contributed by atoms with Crippen LogP contribution >= 0.6 is 11.3 Å². The molecule has 1 fully saturated rings. The van der Waals surface area contributed by atoms with Gasteiger partial charge >= 0.3 is 0 Å². The van der Waals surface area contributed by atoms with E-state index in [0.29, 0.717) is 17.6 Å². The number of furan rings is 1. The zero-order valence-electron chi connectivity index (χ0n) is 14.7. The number of hydrogen-bond donors (Lipinski definition) is 0. The smallest absolute Gasteiger partial charge is 0.289 e. The average Bonchev–Trinajstić information content (AvgIpc) is 3.47. The molecular weight excluding hydrogens is 358 g/mol. The van der Waals surface area contributed by atoms with Crippen LogP contribution < -0.4 is 0 Å². The lowest BCUT2D eigenvalue weighted by molar-refractivity contribution is 0.0663. The van der Waals surface area contributed by atoms with Crippen LogP contribution in [0.15, 0.2) is 65.3 Å². The summed E-state index contributed by atoms with van der Waals surface area (Å²) in [4.78, 5) is 19.3. The highest BCUT2D eigenvalue weighted by Crippen LogP contribution is 2.32. The van der Waals surface area contributed by atoms with Crippen molar-refractivity contribution in [2.75, 3.05) is 13.1 Å². The normalized spacial score (nSPS) is 15.5. The van der Waals surface area contributed by atoms with E-state index in [1.54, 1.807) is 17.4 Å². The summed E-state index contributed by atoms with van der Waals surface area (Å²) in [7, 11) is 0. The van der Waals surface area contributed by atoms with Crippen molar-refractivity contribution in [2.45, 2.75) is 18.9 Å². The van der Waals surface area contributed by atoms with Gasteiger partial charge in [0.25, 0.3) is 5.91 Å². The first kappa shape index (κ1) is 16.3. The molecule has 0 bridgehead atoms. The summed E-state index contributed by atoms with van der Waals surface area (Å²) in [5, 5.41) is 0.807. The minimum Gasteiger partial charge on any atom is -0.448 e. The average molecular weight is 377 g/mol. The van der Waals surface area contributed by atoms with Crippen molar-refractivity contribution in [3.63, 3.8) is 0 Å². The number of carbonyl (C=O) groups excluding carboxylic acids is 1. The highest BCUT2D eigenvalue weighted by molar-refractivity contribution is 7.21. The largest absolute Gasteiger partial charge is 0.448 e. The maximum absolute atomic E-state index is 12.8. The Morgan fingerprint density at radius 2 is 1.81 bits per heavy atom. The number of piperidine rings is 1. The number of para-hydroxylation sites is 1. The van der Waals surface area contributed by atoms with Crippen LogP contribution in [0.4, 0.5) is 0 Å². The molecule has 6 heteroatoms. The Hall–Kier alpha value is -2.86. The summed E-state index contributed by atoms with van der Waals surface area (Å²) in [6.07, 6.45) is 6.12. The third-order valence-corrected chi connectivity index (χ3v) is 6.17. The van der Waals surface area contributed by atoms with Crippen LogP contribution in [0, 0.1) is 0 Å². The molecule has 1 amide bonds. The second-order valence-corrected chi connectivity index (χ2v) is 7.83. The number of amides is 1. The monoisotopic (exact) mass is 377 g/mol. The molecule has 0 spiro atoms. The molecule has 4 aromatic rings. The zero-order chi connectivity index (χ0) is 18.2. The van der Waals surface area contributed by atoms with Gasteiger partial charge in [-0.15, -0.1) is 11.3 Å². The van der Waals surface area contributed by atoms with Gasteiger partial charge in [0.05, 0.1) is 10.2 Å². The predicted octanol–water partition coefficient (Wildman–Crippen LogP) is 4.84. The van der Waals surface area contributed by atoms with E-state index in [-0.39, 0.29) is 5.91 Å². The number of aromatic nitrogens is 2. The second-order valence-electron chi connectivity index (χ2n) is 6.80. The highest BCUT2D eigenvalue weighted by Gasteiger charge is 2.26. The van der Waals surface area contributed by atoms with Gasteiger partial charge in [-0.2, -0.15) is 0 Å². The van der Waals surface area contributed by atoms with Gasteiger partial charge in [0.15, 0.2) is 16.5 Å². The van der Waals surface area contributed by atoms with Gasteiger partial charge in [-0.1, -0.05) is 12.1 Å². The van der Waals surface area contributed by atoms with Crippen molar-refractivity contribution < 1.29 is 9.21 Å². The first-order chi connectivity index (χ1) is 13.3. The molecule has 5 nitrogen and oxygen atoms in total. The Bertz CT molecular complexity index is 1040. The first-order valence-corrected chi connectivity index (χ1v) is 9.97. The van der Waals surface area contributed by atoms with Gasteiger partial charge in [-0.25, -0.2) is 4.98 Å². The van der Waals surface area contributed by atoms with Gasteiger partial charge in [0.1, 0.15) is 0 Å². The van der Waals surface area contributed by atoms with E-state index < -0.39 is 0 Å². The van der Waals surface area contributed by atoms with Crippen LogP contribution in [-0.4, -0.2) is 33.4 Å². The molecule has 3 aromatic heterocycles. The maximum Gasteiger partial charge on any atom is 0.289 e. The van der Waals surface area contributed by atoms with E-state index in [9.17, 15) is 4.79 Å². The molecule has 0 radical (unpaired) electrons. The number of hydrogen-bond acceptors (Lipinski definition) is 4. The molecule has 136 valence electrons. The number of carbonyl (C=O) groups is 1. The summed E-state index contributed by atoms with van der Waals surface area (Å²) < 4.78 is 9.22. The molecule has 1 aliphatic rings. The van der Waals surface area contributed by atoms with Crippen molar-refractivity contribution in [3.05, 3.63) is 66.7 Å². The Morgan fingerprint density at radius 3 is 2.59 bits per heavy atom. The molecule has 27 heavy (non-hydrogen) atoms. The van der Waals surface area contributed by atoms with Gasteiger partial charge in [-0.3, -0.25) is 4.79 Å². The van der Waals surface area contributed by atoms with Crippen LogP contribution in [0.25, 0.3) is 21.0 Å². The first-order valence-electron chi connectivity index (χ1n) is 9.15. The number of likely N-dealkylation sites (tertiary alicyclic amines) is 1. The Kier molecular flexibility index (Phi) is 4.05. The highest BCUT2D eigenvalue weighted by atomic mass is 32.1. The van der Waals surface area contributed by atoms with E-state index >= 15 is 0 Å². The summed E-state index contributed by atoms with van der Waals surface area (Å²) in [5.41, 5.74) is 0.953. The molecule has 0 N–H and O–H groups in total. The standard InChI is InChI=1S/C21H19N3O2S/c25-21(24-13-9-15(10-14-24)23-11-3-4-12-23)18-8-7-17(26-18)20-22-16-5-1-2-6-19(16)27-20/h1-8,11-12,15H,9-10,13-14H2. The van der Waals surface area contributed by atoms with Gasteiger partial charge in [0, 0.05) is 31.5 Å². The lowest BCUT2D eigenvalue weighted by atomic mass is 10.0. The van der Waals surface area contributed by atoms with Crippen molar-refractivity contribution in [2.24, 2.45) is 0 Å². The lowest BCUT2D eigenvalue weighted by Gasteiger charge is -2.32. The van der Waals surface area contributed by atoms with Crippen LogP contribution in [0.2, 0.25) is 0 Å². The maximum atomic E-state index is 12.8. The van der Waals surface area contributed by atoms with E-state index in [4.69, 9.17) is 4.42 Å². The number of rotatable bonds is 3. The Morgan fingerprint density at radius 1 is 1.04 bits per heavy atom. The molecule has 0 atom stereocenters. The quantitative estimate of drug-likeness (QED) is 0.514. The third kappa shape index (κ3) is 3.06. The summed E-state index contributed by atoms with van der Waals surface area (Å²) in [5.74, 6) is 1.01. The summed E-state index contributed by atoms with van der Waals surface area (Å²) >= 11 is 1.58. The summed E-state index contributed by atoms with van der Waals surface area (Å²) in [6.45, 7) is 1.50. The molecule has 0 unspecified atom stereocenters. The molecule has 1 aliphatic heterocycles. The Balaban J connectivity index is 1.30. The van der Waals surface area contributed by atoms with Crippen molar-refractivity contribution in [3.8, 4) is 10.8 Å². The Labute approximate surface area is 160 Å². The predicted molar refractivity (Wildman–Crippen MR) is 106 cm³/mol. The number of thiazole rings is 1. The van der Waals surface area contributed by atoms with Crippen molar-refractivity contribution in [1.82, 2.24) is 14.5 Å². The minimum atomic E-state index is -0.0340. The van der Waals surface area contributed by atoms with Crippen LogP contribution in [0.1, 0.15) is 29.4 Å². The molecule has 4 heterocycles. The summed E-state index contributed by atoms with van der Waals surface area (Å²) in [6, 6.07) is 16.2. The second kappa shape index (κ2) is 6.70.